The van der Waals surface area contributed by atoms with Gasteiger partial charge in [0.15, 0.2) is 0 Å². The molecule has 2 fully saturated rings. The molecule has 2 aromatic heterocycles. The molecule has 8 nitrogen and oxygen atoms in total. The number of piperidine rings is 1. The van der Waals surface area contributed by atoms with Crippen LogP contribution in [0.25, 0.3) is 11.3 Å². The maximum absolute atomic E-state index is 12.9. The summed E-state index contributed by atoms with van der Waals surface area (Å²) < 4.78 is 0. The molecule has 4 heterocycles. The molecule has 0 unspecified atom stereocenters. The van der Waals surface area contributed by atoms with E-state index in [0.717, 1.165) is 56.7 Å². The highest BCUT2D eigenvalue weighted by molar-refractivity contribution is 5.93. The fourth-order valence-corrected chi connectivity index (χ4v) is 4.13. The Morgan fingerprint density at radius 2 is 1.76 bits per heavy atom. The molecule has 0 bridgehead atoms. The van der Waals surface area contributed by atoms with Gasteiger partial charge >= 0.3 is 0 Å². The first-order valence-corrected chi connectivity index (χ1v) is 10.3. The van der Waals surface area contributed by atoms with Crippen LogP contribution in [0.3, 0.4) is 0 Å². The molecule has 1 N–H and O–H groups in total. The molecule has 2 saturated heterocycles. The van der Waals surface area contributed by atoms with Crippen molar-refractivity contribution >= 4 is 11.8 Å². The van der Waals surface area contributed by atoms with Crippen molar-refractivity contribution < 1.29 is 9.59 Å². The second-order valence-corrected chi connectivity index (χ2v) is 7.95. The lowest BCUT2D eigenvalue weighted by atomic mass is 9.95. The topological polar surface area (TPSA) is 85.4 Å². The average Bonchev–Trinajstić information content (AvgIpc) is 3.16. The highest BCUT2D eigenvalue weighted by Gasteiger charge is 2.31. The van der Waals surface area contributed by atoms with Crippen LogP contribution in [-0.2, 0) is 4.79 Å². The largest absolute Gasteiger partial charge is 0.341 e. The van der Waals surface area contributed by atoms with Gasteiger partial charge in [-0.05, 0) is 51.1 Å². The molecule has 2 amide bonds. The number of aromatic nitrogens is 3. The van der Waals surface area contributed by atoms with Gasteiger partial charge in [0.1, 0.15) is 5.69 Å². The van der Waals surface area contributed by atoms with E-state index in [0.29, 0.717) is 18.8 Å². The van der Waals surface area contributed by atoms with Gasteiger partial charge in [0.2, 0.25) is 5.91 Å². The molecule has 0 radical (unpaired) electrons. The van der Waals surface area contributed by atoms with E-state index in [-0.39, 0.29) is 17.7 Å². The van der Waals surface area contributed by atoms with Gasteiger partial charge in [-0.1, -0.05) is 0 Å². The van der Waals surface area contributed by atoms with Crippen molar-refractivity contribution in [1.29, 1.82) is 0 Å². The number of H-pyrrole nitrogens is 1. The average molecular weight is 396 g/mol. The Balaban J connectivity index is 1.33. The number of nitrogens with zero attached hydrogens (tertiary/aromatic N) is 5. The van der Waals surface area contributed by atoms with Crippen molar-refractivity contribution in [2.24, 2.45) is 5.92 Å². The van der Waals surface area contributed by atoms with Crippen LogP contribution in [0.4, 0.5) is 0 Å². The van der Waals surface area contributed by atoms with Gasteiger partial charge < -0.3 is 14.7 Å². The third kappa shape index (κ3) is 4.48. The van der Waals surface area contributed by atoms with Crippen LogP contribution in [0.1, 0.15) is 29.8 Å². The summed E-state index contributed by atoms with van der Waals surface area (Å²) in [6.07, 6.45) is 5.88. The number of amides is 2. The summed E-state index contributed by atoms with van der Waals surface area (Å²) in [5, 5.41) is 7.11. The van der Waals surface area contributed by atoms with Gasteiger partial charge in [-0.3, -0.25) is 19.7 Å². The molecule has 0 atom stereocenters. The number of hydrogen-bond donors (Lipinski definition) is 1. The summed E-state index contributed by atoms with van der Waals surface area (Å²) in [5.41, 5.74) is 2.13. The molecule has 8 heteroatoms. The third-order valence-electron chi connectivity index (χ3n) is 5.95. The second kappa shape index (κ2) is 8.73. The number of pyridine rings is 1. The number of hydrogen-bond acceptors (Lipinski definition) is 5. The molecular formula is C21H28N6O2. The summed E-state index contributed by atoms with van der Waals surface area (Å²) in [7, 11) is 2.10. The summed E-state index contributed by atoms with van der Waals surface area (Å²) in [6.45, 7) is 4.83. The predicted molar refractivity (Wildman–Crippen MR) is 109 cm³/mol. The molecule has 2 aliphatic rings. The first kappa shape index (κ1) is 19.6. The summed E-state index contributed by atoms with van der Waals surface area (Å²) in [6, 6.07) is 5.51. The maximum atomic E-state index is 12.9. The lowest BCUT2D eigenvalue weighted by Crippen LogP contribution is -2.45. The maximum Gasteiger partial charge on any atom is 0.271 e. The Morgan fingerprint density at radius 1 is 1.00 bits per heavy atom. The quantitative estimate of drug-likeness (QED) is 0.850. The molecule has 4 rings (SSSR count). The third-order valence-corrected chi connectivity index (χ3v) is 5.95. The molecule has 0 aromatic carbocycles. The lowest BCUT2D eigenvalue weighted by molar-refractivity contribution is -0.136. The zero-order valence-corrected chi connectivity index (χ0v) is 16.9. The second-order valence-electron chi connectivity index (χ2n) is 7.95. The molecule has 0 aliphatic carbocycles. The van der Waals surface area contributed by atoms with E-state index >= 15 is 0 Å². The zero-order valence-electron chi connectivity index (χ0n) is 16.9. The highest BCUT2D eigenvalue weighted by Crippen LogP contribution is 2.23. The Morgan fingerprint density at radius 3 is 2.52 bits per heavy atom. The van der Waals surface area contributed by atoms with Gasteiger partial charge in [-0.15, -0.1) is 0 Å². The highest BCUT2D eigenvalue weighted by atomic mass is 16.2. The Bertz CT molecular complexity index is 844. The number of rotatable bonds is 3. The van der Waals surface area contributed by atoms with Gasteiger partial charge in [-0.25, -0.2) is 0 Å². The minimum absolute atomic E-state index is 0.0246. The Hall–Kier alpha value is -2.74. The molecule has 2 aliphatic heterocycles. The van der Waals surface area contributed by atoms with Crippen molar-refractivity contribution in [1.82, 2.24) is 29.9 Å². The number of likely N-dealkylation sites (N-methyl/N-ethyl adjacent to an activating group) is 1. The normalized spacial score (nSPS) is 19.2. The first-order chi connectivity index (χ1) is 14.1. The molecule has 2 aromatic rings. The van der Waals surface area contributed by atoms with E-state index in [9.17, 15) is 9.59 Å². The number of carbonyl (C=O) groups excluding carboxylic acids is 2. The van der Waals surface area contributed by atoms with Crippen molar-refractivity contribution in [3.63, 3.8) is 0 Å². The van der Waals surface area contributed by atoms with Crippen LogP contribution in [0.2, 0.25) is 0 Å². The van der Waals surface area contributed by atoms with Crippen LogP contribution in [-0.4, -0.2) is 88.0 Å². The van der Waals surface area contributed by atoms with Crippen LogP contribution in [0.15, 0.2) is 30.6 Å². The van der Waals surface area contributed by atoms with Gasteiger partial charge in [0.05, 0.1) is 5.69 Å². The van der Waals surface area contributed by atoms with Gasteiger partial charge in [-0.2, -0.15) is 5.10 Å². The van der Waals surface area contributed by atoms with Crippen molar-refractivity contribution in [3.05, 3.63) is 36.3 Å². The smallest absolute Gasteiger partial charge is 0.271 e. The molecule has 154 valence electrons. The molecular weight excluding hydrogens is 368 g/mol. The fraction of sp³-hybridized carbons (Fsp3) is 0.524. The lowest BCUT2D eigenvalue weighted by Gasteiger charge is -2.33. The van der Waals surface area contributed by atoms with E-state index in [1.807, 2.05) is 21.9 Å². The Kier molecular flexibility index (Phi) is 5.89. The van der Waals surface area contributed by atoms with Gasteiger partial charge in [0.25, 0.3) is 5.91 Å². The summed E-state index contributed by atoms with van der Waals surface area (Å²) in [4.78, 5) is 35.9. The van der Waals surface area contributed by atoms with Crippen LogP contribution < -0.4 is 0 Å². The zero-order chi connectivity index (χ0) is 20.2. The molecule has 0 saturated carbocycles. The van der Waals surface area contributed by atoms with Crippen LogP contribution in [0, 0.1) is 5.92 Å². The molecule has 0 spiro atoms. The van der Waals surface area contributed by atoms with Gasteiger partial charge in [0, 0.05) is 56.6 Å². The molecule has 29 heavy (non-hydrogen) atoms. The predicted octanol–water partition coefficient (Wildman–Crippen LogP) is 1.49. The summed E-state index contributed by atoms with van der Waals surface area (Å²) in [5.74, 6) is 0.227. The number of nitrogens with one attached hydrogen (secondary N) is 1. The number of carbonyl (C=O) groups is 2. The number of aromatic amines is 1. The fourth-order valence-electron chi connectivity index (χ4n) is 4.13. The van der Waals surface area contributed by atoms with E-state index < -0.39 is 0 Å². The van der Waals surface area contributed by atoms with Crippen molar-refractivity contribution in [2.75, 3.05) is 46.3 Å². The van der Waals surface area contributed by atoms with Crippen molar-refractivity contribution in [2.45, 2.75) is 19.3 Å². The van der Waals surface area contributed by atoms with Crippen LogP contribution in [0.5, 0.6) is 0 Å². The van der Waals surface area contributed by atoms with Crippen LogP contribution >= 0.6 is 0 Å². The SMILES string of the molecule is CN1CCCN(C(=O)C2CCN(C(=O)c3cc(-c4ccncc4)n[nH]3)CC2)CC1. The number of likely N-dealkylation sites (tertiary alicyclic amines) is 1. The van der Waals surface area contributed by atoms with E-state index in [1.165, 1.54) is 0 Å². The van der Waals surface area contributed by atoms with E-state index in [4.69, 9.17) is 0 Å². The minimum Gasteiger partial charge on any atom is -0.341 e. The Labute approximate surface area is 170 Å². The monoisotopic (exact) mass is 396 g/mol. The van der Waals surface area contributed by atoms with E-state index in [1.54, 1.807) is 18.5 Å². The minimum atomic E-state index is -0.0555. The first-order valence-electron chi connectivity index (χ1n) is 10.3. The van der Waals surface area contributed by atoms with E-state index in [2.05, 4.69) is 27.1 Å². The van der Waals surface area contributed by atoms with Crippen molar-refractivity contribution in [3.8, 4) is 11.3 Å². The standard InChI is InChI=1S/C21H28N6O2/c1-25-9-2-10-26(14-13-25)20(28)17-5-11-27(12-6-17)21(29)19-15-18(23-24-19)16-3-7-22-8-4-16/h3-4,7-8,15,17H,2,5-6,9-14H2,1H3,(H,23,24). The summed E-state index contributed by atoms with van der Waals surface area (Å²) >= 11 is 0.